The molecule has 6 heteroatoms. The Morgan fingerprint density at radius 2 is 1.46 bits per heavy atom. The van der Waals surface area contributed by atoms with Gasteiger partial charge >= 0.3 is 0 Å². The van der Waals surface area contributed by atoms with Crippen molar-refractivity contribution < 1.29 is 23.3 Å². The maximum atomic E-state index is 14.5. The van der Waals surface area contributed by atoms with Gasteiger partial charge in [-0.2, -0.15) is 0 Å². The summed E-state index contributed by atoms with van der Waals surface area (Å²) in [6.45, 7) is 0. The average Bonchev–Trinajstić information content (AvgIpc) is 2.60. The van der Waals surface area contributed by atoms with Crippen LogP contribution in [-0.4, -0.2) is 28.4 Å². The van der Waals surface area contributed by atoms with Gasteiger partial charge in [0.1, 0.15) is 11.6 Å². The summed E-state index contributed by atoms with van der Waals surface area (Å²) in [7, 11) is 6.03. The van der Waals surface area contributed by atoms with E-state index in [1.54, 1.807) is 24.3 Å². The first-order valence-corrected chi connectivity index (χ1v) is 7.15. The van der Waals surface area contributed by atoms with E-state index >= 15 is 0 Å². The van der Waals surface area contributed by atoms with E-state index in [1.807, 2.05) is 0 Å². The molecule has 128 valence electrons. The van der Waals surface area contributed by atoms with Gasteiger partial charge in [-0.05, 0) is 42.0 Å². The molecular weight excluding hydrogens is 313 g/mol. The van der Waals surface area contributed by atoms with Gasteiger partial charge < -0.3 is 24.7 Å². The zero-order chi connectivity index (χ0) is 17.7. The van der Waals surface area contributed by atoms with Gasteiger partial charge in [0.15, 0.2) is 11.5 Å². The molecule has 0 fully saturated rings. The van der Waals surface area contributed by atoms with Crippen molar-refractivity contribution in [1.82, 2.24) is 0 Å². The lowest BCUT2D eigenvalue weighted by molar-refractivity contribution is 0.324. The Morgan fingerprint density at radius 3 is 1.92 bits per heavy atom. The number of methoxy groups -OCH3 is 4. The van der Waals surface area contributed by atoms with E-state index in [0.29, 0.717) is 39.8 Å². The fraction of sp³-hybridized carbons (Fsp3) is 0.222. The second kappa shape index (κ2) is 7.59. The van der Waals surface area contributed by atoms with Crippen molar-refractivity contribution in [2.45, 2.75) is 0 Å². The molecule has 0 saturated carbocycles. The van der Waals surface area contributed by atoms with Gasteiger partial charge in [0.2, 0.25) is 5.75 Å². The minimum Gasteiger partial charge on any atom is -0.495 e. The van der Waals surface area contributed by atoms with Crippen molar-refractivity contribution in [3.63, 3.8) is 0 Å². The number of nitrogen functional groups attached to an aromatic ring is 1. The van der Waals surface area contributed by atoms with Gasteiger partial charge in [-0.3, -0.25) is 0 Å². The molecular formula is C18H20FNO4. The monoisotopic (exact) mass is 333 g/mol. The molecule has 0 unspecified atom stereocenters. The van der Waals surface area contributed by atoms with E-state index in [2.05, 4.69) is 0 Å². The molecule has 0 aliphatic heterocycles. The smallest absolute Gasteiger partial charge is 0.203 e. The first-order chi connectivity index (χ1) is 11.5. The minimum atomic E-state index is -0.446. The Bertz CT molecular complexity index is 734. The van der Waals surface area contributed by atoms with Crippen LogP contribution in [0.1, 0.15) is 11.1 Å². The second-order valence-electron chi connectivity index (χ2n) is 4.91. The van der Waals surface area contributed by atoms with Crippen LogP contribution in [0.2, 0.25) is 0 Å². The molecule has 0 amide bonds. The molecule has 0 heterocycles. The summed E-state index contributed by atoms with van der Waals surface area (Å²) < 4.78 is 35.4. The maximum absolute atomic E-state index is 14.5. The highest BCUT2D eigenvalue weighted by molar-refractivity contribution is 5.80. The predicted octanol–water partition coefficient (Wildman–Crippen LogP) is 3.77. The highest BCUT2D eigenvalue weighted by Crippen LogP contribution is 2.39. The number of nitrogens with two attached hydrogens (primary N) is 1. The number of ether oxygens (including phenoxy) is 4. The van der Waals surface area contributed by atoms with E-state index in [-0.39, 0.29) is 0 Å². The molecule has 2 aromatic rings. The van der Waals surface area contributed by atoms with Crippen molar-refractivity contribution in [1.29, 1.82) is 0 Å². The fourth-order valence-corrected chi connectivity index (χ4v) is 2.30. The lowest BCUT2D eigenvalue weighted by Gasteiger charge is -2.13. The van der Waals surface area contributed by atoms with E-state index in [1.165, 1.54) is 40.6 Å². The molecule has 0 spiro atoms. The maximum Gasteiger partial charge on any atom is 0.203 e. The molecule has 0 atom stereocenters. The number of hydrogen-bond acceptors (Lipinski definition) is 5. The van der Waals surface area contributed by atoms with E-state index in [9.17, 15) is 4.39 Å². The van der Waals surface area contributed by atoms with Crippen LogP contribution in [0.15, 0.2) is 30.3 Å². The highest BCUT2D eigenvalue weighted by atomic mass is 19.1. The van der Waals surface area contributed by atoms with Crippen LogP contribution in [-0.2, 0) is 0 Å². The summed E-state index contributed by atoms with van der Waals surface area (Å²) in [4.78, 5) is 0. The van der Waals surface area contributed by atoms with E-state index in [0.717, 1.165) is 0 Å². The van der Waals surface area contributed by atoms with Crippen molar-refractivity contribution in [3.05, 3.63) is 41.5 Å². The second-order valence-corrected chi connectivity index (χ2v) is 4.91. The number of anilines is 1. The van der Waals surface area contributed by atoms with Gasteiger partial charge in [-0.1, -0.05) is 0 Å². The van der Waals surface area contributed by atoms with Gasteiger partial charge in [-0.25, -0.2) is 4.39 Å². The van der Waals surface area contributed by atoms with Gasteiger partial charge in [0.05, 0.1) is 34.1 Å². The van der Waals surface area contributed by atoms with Crippen LogP contribution in [0.4, 0.5) is 10.1 Å². The molecule has 0 aliphatic carbocycles. The Morgan fingerprint density at radius 1 is 0.875 bits per heavy atom. The normalized spacial score (nSPS) is 11.1. The van der Waals surface area contributed by atoms with E-state index in [4.69, 9.17) is 24.7 Å². The minimum absolute atomic E-state index is 0.349. The topological polar surface area (TPSA) is 62.9 Å². The average molecular weight is 333 g/mol. The fourth-order valence-electron chi connectivity index (χ4n) is 2.30. The van der Waals surface area contributed by atoms with Crippen LogP contribution < -0.4 is 24.7 Å². The standard InChI is InChI=1S/C18H20FNO4/c1-21-15-6-5-12(10-14(15)20)13(19)7-11-8-16(22-2)18(24-4)17(9-11)23-3/h5-10H,20H2,1-4H3/b13-7-. The molecule has 0 bridgehead atoms. The third kappa shape index (κ3) is 3.53. The summed E-state index contributed by atoms with van der Waals surface area (Å²) >= 11 is 0. The quantitative estimate of drug-likeness (QED) is 0.644. The first kappa shape index (κ1) is 17.5. The Hall–Kier alpha value is -2.89. The van der Waals surface area contributed by atoms with Crippen LogP contribution in [0.3, 0.4) is 0 Å². The largest absolute Gasteiger partial charge is 0.495 e. The Balaban J connectivity index is 2.44. The van der Waals surface area contributed by atoms with Crippen LogP contribution in [0, 0.1) is 0 Å². The molecule has 0 radical (unpaired) electrons. The third-order valence-electron chi connectivity index (χ3n) is 3.49. The number of halogens is 1. The van der Waals surface area contributed by atoms with Crippen molar-refractivity contribution in [2.24, 2.45) is 0 Å². The van der Waals surface area contributed by atoms with Crippen molar-refractivity contribution in [2.75, 3.05) is 34.2 Å². The van der Waals surface area contributed by atoms with Crippen LogP contribution >= 0.6 is 0 Å². The number of hydrogen-bond donors (Lipinski definition) is 1. The zero-order valence-electron chi connectivity index (χ0n) is 14.1. The summed E-state index contributed by atoms with van der Waals surface area (Å²) in [6.07, 6.45) is 1.37. The van der Waals surface area contributed by atoms with Crippen molar-refractivity contribution >= 4 is 17.6 Å². The number of rotatable bonds is 6. The lowest BCUT2D eigenvalue weighted by atomic mass is 10.1. The SMILES string of the molecule is COc1ccc(/C(F)=C/c2cc(OC)c(OC)c(OC)c2)cc1N. The molecule has 0 aliphatic rings. The third-order valence-corrected chi connectivity index (χ3v) is 3.49. The van der Waals surface area contributed by atoms with Crippen LogP contribution in [0.25, 0.3) is 11.9 Å². The van der Waals surface area contributed by atoms with Gasteiger partial charge in [0, 0.05) is 5.56 Å². The highest BCUT2D eigenvalue weighted by Gasteiger charge is 2.13. The summed E-state index contributed by atoms with van der Waals surface area (Å²) in [6, 6.07) is 8.05. The van der Waals surface area contributed by atoms with Gasteiger partial charge in [0.25, 0.3) is 0 Å². The summed E-state index contributed by atoms with van der Waals surface area (Å²) in [5.41, 5.74) is 7.10. The summed E-state index contributed by atoms with van der Waals surface area (Å²) in [5.74, 6) is 1.40. The van der Waals surface area contributed by atoms with Crippen molar-refractivity contribution in [3.8, 4) is 23.0 Å². The molecule has 0 saturated heterocycles. The first-order valence-electron chi connectivity index (χ1n) is 7.15. The number of benzene rings is 2. The summed E-state index contributed by atoms with van der Waals surface area (Å²) in [5, 5.41) is 0. The molecule has 0 aromatic heterocycles. The predicted molar refractivity (Wildman–Crippen MR) is 92.5 cm³/mol. The lowest BCUT2D eigenvalue weighted by Crippen LogP contribution is -1.96. The van der Waals surface area contributed by atoms with Crippen LogP contribution in [0.5, 0.6) is 23.0 Å². The molecule has 2 N–H and O–H groups in total. The van der Waals surface area contributed by atoms with Gasteiger partial charge in [-0.15, -0.1) is 0 Å². The molecule has 2 aromatic carbocycles. The Kier molecular flexibility index (Phi) is 5.52. The Labute approximate surface area is 140 Å². The zero-order valence-corrected chi connectivity index (χ0v) is 14.1. The van der Waals surface area contributed by atoms with E-state index < -0.39 is 5.83 Å². The molecule has 5 nitrogen and oxygen atoms in total. The molecule has 24 heavy (non-hydrogen) atoms. The molecule has 2 rings (SSSR count).